The number of thiazole rings is 1. The lowest BCUT2D eigenvalue weighted by Crippen LogP contribution is -2.10. The standard InChI is InChI=1S/C13H11N3O3S/c17-13(19-8-6-16-5-2-4-15-16)11-9-14-12(20-11)10-3-1-7-18-10/h1-5,7,9H,6,8H2. The Labute approximate surface area is 118 Å². The van der Waals surface area contributed by atoms with Crippen molar-refractivity contribution in [2.24, 2.45) is 0 Å². The number of nitrogens with zero attached hydrogens (tertiary/aromatic N) is 3. The fourth-order valence-corrected chi connectivity index (χ4v) is 2.40. The van der Waals surface area contributed by atoms with Gasteiger partial charge in [0, 0.05) is 12.4 Å². The molecule has 0 atom stereocenters. The first kappa shape index (κ1) is 12.6. The summed E-state index contributed by atoms with van der Waals surface area (Å²) in [7, 11) is 0. The highest BCUT2D eigenvalue weighted by Gasteiger charge is 2.14. The van der Waals surface area contributed by atoms with Crippen molar-refractivity contribution in [1.29, 1.82) is 0 Å². The molecule has 0 bridgehead atoms. The average molecular weight is 289 g/mol. The maximum atomic E-state index is 11.8. The molecular weight excluding hydrogens is 278 g/mol. The molecule has 0 fully saturated rings. The Balaban J connectivity index is 1.57. The fraction of sp³-hybridized carbons (Fsp3) is 0.154. The Bertz CT molecular complexity index is 674. The first-order chi connectivity index (χ1) is 9.83. The maximum absolute atomic E-state index is 11.8. The summed E-state index contributed by atoms with van der Waals surface area (Å²) in [5, 5.41) is 4.69. The summed E-state index contributed by atoms with van der Waals surface area (Å²) < 4.78 is 12.1. The summed E-state index contributed by atoms with van der Waals surface area (Å²) >= 11 is 1.24. The molecule has 0 N–H and O–H groups in total. The highest BCUT2D eigenvalue weighted by molar-refractivity contribution is 7.16. The summed E-state index contributed by atoms with van der Waals surface area (Å²) in [6, 6.07) is 5.39. The van der Waals surface area contributed by atoms with E-state index in [0.29, 0.717) is 22.2 Å². The Morgan fingerprint density at radius 3 is 3.15 bits per heavy atom. The van der Waals surface area contributed by atoms with Crippen LogP contribution in [0.1, 0.15) is 9.67 Å². The number of hydrogen-bond donors (Lipinski definition) is 0. The van der Waals surface area contributed by atoms with Crippen LogP contribution in [0.15, 0.2) is 47.5 Å². The third-order valence-electron chi connectivity index (χ3n) is 2.55. The molecule has 3 aromatic heterocycles. The third kappa shape index (κ3) is 2.77. The third-order valence-corrected chi connectivity index (χ3v) is 3.54. The van der Waals surface area contributed by atoms with Gasteiger partial charge in [-0.25, -0.2) is 9.78 Å². The molecule has 3 heterocycles. The van der Waals surface area contributed by atoms with Gasteiger partial charge in [0.1, 0.15) is 11.5 Å². The first-order valence-electron chi connectivity index (χ1n) is 5.97. The molecule has 0 aromatic carbocycles. The van der Waals surface area contributed by atoms with Gasteiger partial charge >= 0.3 is 5.97 Å². The van der Waals surface area contributed by atoms with Crippen LogP contribution in [0.3, 0.4) is 0 Å². The quantitative estimate of drug-likeness (QED) is 0.675. The van der Waals surface area contributed by atoms with E-state index in [0.717, 1.165) is 0 Å². The SMILES string of the molecule is O=C(OCCn1cccn1)c1cnc(-c2ccco2)s1. The molecule has 102 valence electrons. The normalized spacial score (nSPS) is 10.6. The van der Waals surface area contributed by atoms with Gasteiger partial charge in [-0.05, 0) is 18.2 Å². The highest BCUT2D eigenvalue weighted by Crippen LogP contribution is 2.25. The second-order valence-electron chi connectivity index (χ2n) is 3.91. The molecule has 0 unspecified atom stereocenters. The van der Waals surface area contributed by atoms with Gasteiger partial charge in [-0.3, -0.25) is 4.68 Å². The van der Waals surface area contributed by atoms with Gasteiger partial charge in [-0.2, -0.15) is 5.10 Å². The summed E-state index contributed by atoms with van der Waals surface area (Å²) in [6.45, 7) is 0.803. The zero-order valence-corrected chi connectivity index (χ0v) is 11.2. The first-order valence-corrected chi connectivity index (χ1v) is 6.79. The molecule has 0 aliphatic carbocycles. The molecule has 3 aromatic rings. The largest absolute Gasteiger partial charge is 0.462 e. The van der Waals surface area contributed by atoms with E-state index in [9.17, 15) is 4.79 Å². The van der Waals surface area contributed by atoms with Crippen molar-refractivity contribution in [3.8, 4) is 10.8 Å². The van der Waals surface area contributed by atoms with Crippen molar-refractivity contribution in [2.45, 2.75) is 6.54 Å². The Hall–Kier alpha value is -2.41. The van der Waals surface area contributed by atoms with E-state index < -0.39 is 0 Å². The number of furan rings is 1. The number of hydrogen-bond acceptors (Lipinski definition) is 6. The number of rotatable bonds is 5. The molecule has 3 rings (SSSR count). The lowest BCUT2D eigenvalue weighted by atomic mass is 10.5. The summed E-state index contributed by atoms with van der Waals surface area (Å²) in [5.41, 5.74) is 0. The minimum absolute atomic E-state index is 0.272. The predicted molar refractivity (Wildman–Crippen MR) is 72.3 cm³/mol. The van der Waals surface area contributed by atoms with E-state index in [4.69, 9.17) is 9.15 Å². The average Bonchev–Trinajstić information content (AvgIpc) is 3.20. The van der Waals surface area contributed by atoms with Gasteiger partial charge in [-0.15, -0.1) is 11.3 Å². The molecule has 20 heavy (non-hydrogen) atoms. The number of carbonyl (C=O) groups excluding carboxylic acids is 1. The van der Waals surface area contributed by atoms with Crippen LogP contribution >= 0.6 is 11.3 Å². The van der Waals surface area contributed by atoms with Gasteiger partial charge in [0.2, 0.25) is 0 Å². The van der Waals surface area contributed by atoms with Gasteiger partial charge in [0.25, 0.3) is 0 Å². The van der Waals surface area contributed by atoms with E-state index in [1.54, 1.807) is 29.3 Å². The Kier molecular flexibility index (Phi) is 3.60. The predicted octanol–water partition coefficient (Wildman–Crippen LogP) is 2.46. The molecule has 7 heteroatoms. The van der Waals surface area contributed by atoms with Crippen LogP contribution in [-0.4, -0.2) is 27.3 Å². The molecule has 6 nitrogen and oxygen atoms in total. The molecule has 0 amide bonds. The van der Waals surface area contributed by atoms with Crippen molar-refractivity contribution in [2.75, 3.05) is 6.61 Å². The summed E-state index contributed by atoms with van der Waals surface area (Å²) in [4.78, 5) is 16.4. The van der Waals surface area contributed by atoms with Crippen LogP contribution in [-0.2, 0) is 11.3 Å². The van der Waals surface area contributed by atoms with E-state index in [-0.39, 0.29) is 12.6 Å². The molecule has 0 aliphatic heterocycles. The molecular formula is C13H11N3O3S. The van der Waals surface area contributed by atoms with Gasteiger partial charge in [0.15, 0.2) is 10.8 Å². The van der Waals surface area contributed by atoms with Gasteiger partial charge in [0.05, 0.1) is 19.0 Å². The zero-order valence-electron chi connectivity index (χ0n) is 10.4. The molecule has 0 spiro atoms. The monoisotopic (exact) mass is 289 g/mol. The smallest absolute Gasteiger partial charge is 0.350 e. The van der Waals surface area contributed by atoms with Crippen molar-refractivity contribution in [1.82, 2.24) is 14.8 Å². The van der Waals surface area contributed by atoms with Crippen LogP contribution in [0.25, 0.3) is 10.8 Å². The van der Waals surface area contributed by atoms with Crippen LogP contribution < -0.4 is 0 Å². The fourth-order valence-electron chi connectivity index (χ4n) is 1.62. The highest BCUT2D eigenvalue weighted by atomic mass is 32.1. The van der Waals surface area contributed by atoms with Crippen molar-refractivity contribution >= 4 is 17.3 Å². The van der Waals surface area contributed by atoms with E-state index in [2.05, 4.69) is 10.1 Å². The number of aromatic nitrogens is 3. The van der Waals surface area contributed by atoms with Crippen molar-refractivity contribution < 1.29 is 13.9 Å². The second-order valence-corrected chi connectivity index (χ2v) is 4.94. The number of ether oxygens (including phenoxy) is 1. The second kappa shape index (κ2) is 5.70. The summed E-state index contributed by atoms with van der Waals surface area (Å²) in [5.74, 6) is 0.262. The molecule has 0 aliphatic rings. The topological polar surface area (TPSA) is 70.2 Å². The van der Waals surface area contributed by atoms with E-state index in [1.165, 1.54) is 17.5 Å². The maximum Gasteiger partial charge on any atom is 0.350 e. The van der Waals surface area contributed by atoms with Crippen molar-refractivity contribution in [3.05, 3.63) is 47.9 Å². The number of carbonyl (C=O) groups is 1. The number of esters is 1. The summed E-state index contributed by atoms with van der Waals surface area (Å²) in [6.07, 6.45) is 6.56. The van der Waals surface area contributed by atoms with Gasteiger partial charge < -0.3 is 9.15 Å². The van der Waals surface area contributed by atoms with E-state index in [1.807, 2.05) is 12.3 Å². The molecule has 0 saturated heterocycles. The zero-order chi connectivity index (χ0) is 13.8. The molecule has 0 saturated carbocycles. The lowest BCUT2D eigenvalue weighted by Gasteiger charge is -2.02. The van der Waals surface area contributed by atoms with Crippen LogP contribution in [0.4, 0.5) is 0 Å². The van der Waals surface area contributed by atoms with Crippen molar-refractivity contribution in [3.63, 3.8) is 0 Å². The molecule has 0 radical (unpaired) electrons. The van der Waals surface area contributed by atoms with Crippen LogP contribution in [0, 0.1) is 0 Å². The Morgan fingerprint density at radius 2 is 2.40 bits per heavy atom. The van der Waals surface area contributed by atoms with Crippen LogP contribution in [0.2, 0.25) is 0 Å². The Morgan fingerprint density at radius 1 is 1.45 bits per heavy atom. The van der Waals surface area contributed by atoms with Gasteiger partial charge in [-0.1, -0.05) is 0 Å². The van der Waals surface area contributed by atoms with Crippen LogP contribution in [0.5, 0.6) is 0 Å². The minimum Gasteiger partial charge on any atom is -0.462 e. The van der Waals surface area contributed by atoms with E-state index >= 15 is 0 Å². The minimum atomic E-state index is -0.382. The lowest BCUT2D eigenvalue weighted by molar-refractivity contribution is 0.0493.